The second kappa shape index (κ2) is 3.81. The van der Waals surface area contributed by atoms with Gasteiger partial charge in [0.15, 0.2) is 0 Å². The third kappa shape index (κ3) is 1.78. The minimum Gasteiger partial charge on any atom is -0.508 e. The lowest BCUT2D eigenvalue weighted by atomic mass is 10.1. The van der Waals surface area contributed by atoms with Gasteiger partial charge in [0.25, 0.3) is 0 Å². The van der Waals surface area contributed by atoms with Crippen LogP contribution in [0.5, 0.6) is 11.5 Å². The molecule has 1 rings (SSSR count). The molecular weight excluding hydrogens is 152 g/mol. The topological polar surface area (TPSA) is 40.5 Å². The van der Waals surface area contributed by atoms with Gasteiger partial charge in [-0.1, -0.05) is 18.2 Å². The maximum Gasteiger partial charge on any atom is 0.122 e. The van der Waals surface area contributed by atoms with Gasteiger partial charge in [0.05, 0.1) is 0 Å². The van der Waals surface area contributed by atoms with E-state index in [9.17, 15) is 10.2 Å². The lowest BCUT2D eigenvalue weighted by Crippen LogP contribution is -1.82. The summed E-state index contributed by atoms with van der Waals surface area (Å²) in [5.41, 5.74) is 0.579. The van der Waals surface area contributed by atoms with Gasteiger partial charge in [-0.3, -0.25) is 0 Å². The van der Waals surface area contributed by atoms with E-state index < -0.39 is 0 Å². The summed E-state index contributed by atoms with van der Waals surface area (Å²) in [4.78, 5) is 0. The molecule has 0 aliphatic rings. The highest BCUT2D eigenvalue weighted by molar-refractivity contribution is 5.43. The molecule has 1 aromatic rings. The maximum absolute atomic E-state index is 9.32. The van der Waals surface area contributed by atoms with Crippen LogP contribution in [0.2, 0.25) is 0 Å². The fourth-order valence-corrected chi connectivity index (χ4v) is 1.01. The number of rotatable bonds is 2. The molecule has 0 spiro atoms. The molecule has 1 aromatic carbocycles. The smallest absolute Gasteiger partial charge is 0.122 e. The molecular formula is C10H12O2. The predicted molar refractivity (Wildman–Crippen MR) is 48.3 cm³/mol. The fraction of sp³-hybridized carbons (Fsp3) is 0.200. The highest BCUT2D eigenvalue weighted by atomic mass is 16.3. The van der Waals surface area contributed by atoms with E-state index in [0.717, 1.165) is 0 Å². The van der Waals surface area contributed by atoms with Gasteiger partial charge in [-0.2, -0.15) is 0 Å². The van der Waals surface area contributed by atoms with Gasteiger partial charge in [-0.05, 0) is 25.5 Å². The summed E-state index contributed by atoms with van der Waals surface area (Å²) >= 11 is 0. The number of aromatic hydroxyl groups is 2. The summed E-state index contributed by atoms with van der Waals surface area (Å²) < 4.78 is 0. The molecule has 0 saturated carbocycles. The monoisotopic (exact) mass is 164 g/mol. The molecule has 2 N–H and O–H groups in total. The Morgan fingerprint density at radius 3 is 2.33 bits per heavy atom. The quantitative estimate of drug-likeness (QED) is 0.658. The van der Waals surface area contributed by atoms with Crippen molar-refractivity contribution in [2.24, 2.45) is 0 Å². The second-order valence-electron chi connectivity index (χ2n) is 2.55. The molecule has 0 heterocycles. The Morgan fingerprint density at radius 1 is 1.25 bits per heavy atom. The number of phenolic OH excluding ortho intramolecular Hbond substituents is 2. The van der Waals surface area contributed by atoms with Crippen LogP contribution in [-0.4, -0.2) is 10.2 Å². The van der Waals surface area contributed by atoms with Gasteiger partial charge in [-0.25, -0.2) is 0 Å². The Balaban J connectivity index is 2.96. The van der Waals surface area contributed by atoms with E-state index in [1.54, 1.807) is 18.2 Å². The Morgan fingerprint density at radius 2 is 1.83 bits per heavy atom. The van der Waals surface area contributed by atoms with Crippen molar-refractivity contribution in [2.75, 3.05) is 0 Å². The molecule has 0 unspecified atom stereocenters. The molecule has 0 aromatic heterocycles. The van der Waals surface area contributed by atoms with Gasteiger partial charge in [0, 0.05) is 5.56 Å². The van der Waals surface area contributed by atoms with Crippen molar-refractivity contribution in [3.63, 3.8) is 0 Å². The molecule has 0 radical (unpaired) electrons. The molecule has 0 atom stereocenters. The molecule has 0 amide bonds. The number of phenols is 2. The van der Waals surface area contributed by atoms with E-state index >= 15 is 0 Å². The SMILES string of the molecule is CC=CCc1c(O)cccc1O. The van der Waals surface area contributed by atoms with Crippen LogP contribution in [0.3, 0.4) is 0 Å². The third-order valence-electron chi connectivity index (χ3n) is 1.68. The van der Waals surface area contributed by atoms with Crippen LogP contribution in [0.4, 0.5) is 0 Å². The van der Waals surface area contributed by atoms with Crippen molar-refractivity contribution in [2.45, 2.75) is 13.3 Å². The van der Waals surface area contributed by atoms with E-state index in [-0.39, 0.29) is 11.5 Å². The van der Waals surface area contributed by atoms with Crippen LogP contribution in [0.15, 0.2) is 30.4 Å². The molecule has 0 aliphatic heterocycles. The van der Waals surface area contributed by atoms with E-state index in [4.69, 9.17) is 0 Å². The van der Waals surface area contributed by atoms with Crippen molar-refractivity contribution in [3.8, 4) is 11.5 Å². The average molecular weight is 164 g/mol. The van der Waals surface area contributed by atoms with Crippen LogP contribution in [0.1, 0.15) is 12.5 Å². The molecule has 0 aliphatic carbocycles. The molecule has 64 valence electrons. The number of hydrogen-bond donors (Lipinski definition) is 2. The van der Waals surface area contributed by atoms with Crippen LogP contribution in [-0.2, 0) is 6.42 Å². The second-order valence-corrected chi connectivity index (χ2v) is 2.55. The zero-order valence-electron chi connectivity index (χ0n) is 6.99. The summed E-state index contributed by atoms with van der Waals surface area (Å²) in [5, 5.41) is 18.6. The van der Waals surface area contributed by atoms with Crippen molar-refractivity contribution < 1.29 is 10.2 Å². The number of allylic oxidation sites excluding steroid dienone is 2. The highest BCUT2D eigenvalue weighted by Crippen LogP contribution is 2.26. The molecule has 0 fully saturated rings. The number of benzene rings is 1. The first kappa shape index (κ1) is 8.65. The Labute approximate surface area is 71.8 Å². The first-order valence-corrected chi connectivity index (χ1v) is 3.86. The van der Waals surface area contributed by atoms with Crippen molar-refractivity contribution in [3.05, 3.63) is 35.9 Å². The lowest BCUT2D eigenvalue weighted by Gasteiger charge is -2.02. The van der Waals surface area contributed by atoms with Crippen molar-refractivity contribution in [1.29, 1.82) is 0 Å². The van der Waals surface area contributed by atoms with E-state index in [2.05, 4.69) is 0 Å². The lowest BCUT2D eigenvalue weighted by molar-refractivity contribution is 0.441. The molecule has 2 heteroatoms. The van der Waals surface area contributed by atoms with E-state index in [1.165, 1.54) is 0 Å². The van der Waals surface area contributed by atoms with Crippen molar-refractivity contribution in [1.82, 2.24) is 0 Å². The van der Waals surface area contributed by atoms with Crippen molar-refractivity contribution >= 4 is 0 Å². The first-order chi connectivity index (χ1) is 5.75. The molecule has 0 saturated heterocycles. The van der Waals surface area contributed by atoms with Gasteiger partial charge in [0.1, 0.15) is 11.5 Å². The van der Waals surface area contributed by atoms with Crippen LogP contribution < -0.4 is 0 Å². The Hall–Kier alpha value is -1.44. The zero-order chi connectivity index (χ0) is 8.97. The van der Waals surface area contributed by atoms with Crippen LogP contribution in [0.25, 0.3) is 0 Å². The first-order valence-electron chi connectivity index (χ1n) is 3.86. The normalized spacial score (nSPS) is 10.8. The summed E-state index contributed by atoms with van der Waals surface area (Å²) in [6.45, 7) is 1.90. The fourth-order valence-electron chi connectivity index (χ4n) is 1.01. The summed E-state index contributed by atoms with van der Waals surface area (Å²) in [5.74, 6) is 0.293. The minimum atomic E-state index is 0.146. The van der Waals surface area contributed by atoms with Gasteiger partial charge < -0.3 is 10.2 Å². The van der Waals surface area contributed by atoms with E-state index in [1.807, 2.05) is 19.1 Å². The largest absolute Gasteiger partial charge is 0.508 e. The Bertz CT molecular complexity index is 270. The minimum absolute atomic E-state index is 0.146. The van der Waals surface area contributed by atoms with Gasteiger partial charge in [0.2, 0.25) is 0 Å². The maximum atomic E-state index is 9.32. The van der Waals surface area contributed by atoms with E-state index in [0.29, 0.717) is 12.0 Å². The standard InChI is InChI=1S/C10H12O2/c1-2-3-5-8-9(11)6-4-7-10(8)12/h2-4,6-7,11-12H,5H2,1H3. The summed E-state index contributed by atoms with van der Waals surface area (Å²) in [6.07, 6.45) is 4.33. The third-order valence-corrected chi connectivity index (χ3v) is 1.68. The molecule has 0 bridgehead atoms. The molecule has 12 heavy (non-hydrogen) atoms. The number of hydrogen-bond acceptors (Lipinski definition) is 2. The summed E-state index contributed by atoms with van der Waals surface area (Å²) in [6, 6.07) is 4.75. The Kier molecular flexibility index (Phi) is 2.75. The molecule has 2 nitrogen and oxygen atoms in total. The summed E-state index contributed by atoms with van der Waals surface area (Å²) in [7, 11) is 0. The average Bonchev–Trinajstić information content (AvgIpc) is 2.04. The van der Waals surface area contributed by atoms with Crippen LogP contribution in [0, 0.1) is 0 Å². The highest BCUT2D eigenvalue weighted by Gasteiger charge is 2.03. The predicted octanol–water partition coefficient (Wildman–Crippen LogP) is 2.22. The van der Waals surface area contributed by atoms with Gasteiger partial charge >= 0.3 is 0 Å². The van der Waals surface area contributed by atoms with Crippen LogP contribution >= 0.6 is 0 Å². The zero-order valence-corrected chi connectivity index (χ0v) is 6.99. The van der Waals surface area contributed by atoms with Gasteiger partial charge in [-0.15, -0.1) is 0 Å².